The van der Waals surface area contributed by atoms with Gasteiger partial charge in [-0.15, -0.1) is 0 Å². The molecule has 1 unspecified atom stereocenters. The number of aliphatic hydroxyl groups excluding tert-OH is 1. The zero-order valence-corrected chi connectivity index (χ0v) is 14.9. The molecule has 0 fully saturated rings. The number of benzene rings is 2. The van der Waals surface area contributed by atoms with E-state index in [9.17, 15) is 5.11 Å². The maximum absolute atomic E-state index is 9.95. The van der Waals surface area contributed by atoms with Crippen molar-refractivity contribution in [3.8, 4) is 5.75 Å². The van der Waals surface area contributed by atoms with Crippen LogP contribution in [0.25, 0.3) is 10.9 Å². The van der Waals surface area contributed by atoms with Crippen LogP contribution in [0.5, 0.6) is 5.75 Å². The van der Waals surface area contributed by atoms with Crippen molar-refractivity contribution in [3.63, 3.8) is 0 Å². The molecule has 25 heavy (non-hydrogen) atoms. The highest BCUT2D eigenvalue weighted by Crippen LogP contribution is 2.23. The van der Waals surface area contributed by atoms with Crippen molar-refractivity contribution in [2.45, 2.75) is 32.5 Å². The molecule has 1 heterocycles. The van der Waals surface area contributed by atoms with Gasteiger partial charge in [-0.2, -0.15) is 0 Å². The summed E-state index contributed by atoms with van der Waals surface area (Å²) in [6, 6.07) is 19.0. The van der Waals surface area contributed by atoms with Gasteiger partial charge in [-0.3, -0.25) is 0 Å². The lowest BCUT2D eigenvalue weighted by atomic mass is 10.2. The summed E-state index contributed by atoms with van der Waals surface area (Å²) in [6.45, 7) is 5.79. The third-order valence-corrected chi connectivity index (χ3v) is 4.14. The van der Waals surface area contributed by atoms with Crippen LogP contribution in [-0.2, 0) is 6.54 Å². The van der Waals surface area contributed by atoms with E-state index in [1.54, 1.807) is 0 Å². The molecule has 0 aliphatic carbocycles. The Balaban J connectivity index is 1.63. The summed E-state index contributed by atoms with van der Waals surface area (Å²) in [7, 11) is 0. The Kier molecular flexibility index (Phi) is 5.74. The minimum atomic E-state index is -0.513. The third kappa shape index (κ3) is 4.84. The first kappa shape index (κ1) is 17.5. The topological polar surface area (TPSA) is 46.4 Å². The lowest BCUT2D eigenvalue weighted by molar-refractivity contribution is 0.105. The van der Waals surface area contributed by atoms with Crippen molar-refractivity contribution in [2.24, 2.45) is 0 Å². The Hall–Kier alpha value is -2.30. The molecule has 0 spiro atoms. The Morgan fingerprint density at radius 3 is 2.64 bits per heavy atom. The van der Waals surface area contributed by atoms with Crippen molar-refractivity contribution in [1.82, 2.24) is 9.88 Å². The van der Waals surface area contributed by atoms with Gasteiger partial charge in [0, 0.05) is 36.2 Å². The second-order valence-corrected chi connectivity index (χ2v) is 6.68. The number of aromatic nitrogens is 1. The molecule has 0 aliphatic heterocycles. The van der Waals surface area contributed by atoms with Gasteiger partial charge in [0.1, 0.15) is 18.5 Å². The van der Waals surface area contributed by atoms with Crippen molar-refractivity contribution in [3.05, 3.63) is 66.4 Å². The van der Waals surface area contributed by atoms with E-state index >= 15 is 0 Å². The molecule has 4 heteroatoms. The summed E-state index contributed by atoms with van der Waals surface area (Å²) < 4.78 is 7.97. The summed E-state index contributed by atoms with van der Waals surface area (Å²) in [4.78, 5) is 0. The van der Waals surface area contributed by atoms with Gasteiger partial charge in [0.2, 0.25) is 0 Å². The van der Waals surface area contributed by atoms with E-state index in [-0.39, 0.29) is 6.61 Å². The van der Waals surface area contributed by atoms with E-state index in [0.717, 1.165) is 17.7 Å². The van der Waals surface area contributed by atoms with Gasteiger partial charge in [0.25, 0.3) is 0 Å². The van der Waals surface area contributed by atoms with E-state index < -0.39 is 6.10 Å². The van der Waals surface area contributed by atoms with Gasteiger partial charge in [-0.05, 0) is 29.8 Å². The molecule has 132 valence electrons. The number of aliphatic hydroxyl groups is 1. The minimum absolute atomic E-state index is 0.288. The summed E-state index contributed by atoms with van der Waals surface area (Å²) in [5, 5.41) is 14.3. The fourth-order valence-corrected chi connectivity index (χ4v) is 2.81. The van der Waals surface area contributed by atoms with Gasteiger partial charge in [-0.1, -0.05) is 44.2 Å². The van der Waals surface area contributed by atoms with Gasteiger partial charge in [0.15, 0.2) is 0 Å². The Labute approximate surface area is 149 Å². The summed E-state index contributed by atoms with van der Waals surface area (Å²) in [6.07, 6.45) is 1.59. The monoisotopic (exact) mass is 338 g/mol. The molecule has 0 aliphatic rings. The van der Waals surface area contributed by atoms with Crippen LogP contribution < -0.4 is 10.1 Å². The molecular formula is C21H26N2O2. The smallest absolute Gasteiger partial charge is 0.120 e. The second-order valence-electron chi connectivity index (χ2n) is 6.68. The average Bonchev–Trinajstić information content (AvgIpc) is 3.01. The number of hydrogen-bond acceptors (Lipinski definition) is 3. The van der Waals surface area contributed by atoms with Crippen LogP contribution in [-0.4, -0.2) is 35.0 Å². The van der Waals surface area contributed by atoms with Crippen molar-refractivity contribution in [2.75, 3.05) is 13.2 Å². The lowest BCUT2D eigenvalue weighted by Crippen LogP contribution is -2.35. The number of hydrogen-bond donors (Lipinski definition) is 2. The molecule has 3 rings (SSSR count). The largest absolute Gasteiger partial charge is 0.491 e. The molecule has 0 saturated heterocycles. The lowest BCUT2D eigenvalue weighted by Gasteiger charge is -2.15. The van der Waals surface area contributed by atoms with Crippen LogP contribution in [0, 0.1) is 0 Å². The number of fused-ring (bicyclic) bond motifs is 1. The molecule has 2 N–H and O–H groups in total. The molecule has 1 aromatic heterocycles. The van der Waals surface area contributed by atoms with Crippen molar-refractivity contribution >= 4 is 10.9 Å². The van der Waals surface area contributed by atoms with Crippen LogP contribution in [0.1, 0.15) is 19.4 Å². The highest BCUT2D eigenvalue weighted by atomic mass is 16.5. The van der Waals surface area contributed by atoms with Crippen LogP contribution in [0.4, 0.5) is 0 Å². The van der Waals surface area contributed by atoms with E-state index in [1.807, 2.05) is 18.2 Å². The molecule has 2 aromatic carbocycles. The highest BCUT2D eigenvalue weighted by Gasteiger charge is 2.08. The van der Waals surface area contributed by atoms with Gasteiger partial charge < -0.3 is 19.7 Å². The van der Waals surface area contributed by atoms with Crippen LogP contribution >= 0.6 is 0 Å². The quantitative estimate of drug-likeness (QED) is 0.661. The molecule has 4 nitrogen and oxygen atoms in total. The molecule has 0 saturated carbocycles. The highest BCUT2D eigenvalue weighted by molar-refractivity contribution is 5.81. The maximum atomic E-state index is 9.95. The summed E-state index contributed by atoms with van der Waals surface area (Å²) in [5.41, 5.74) is 2.46. The van der Waals surface area contributed by atoms with Crippen LogP contribution in [0.15, 0.2) is 60.8 Å². The molecular weight excluding hydrogens is 312 g/mol. The molecule has 0 amide bonds. The second kappa shape index (κ2) is 8.19. The first-order valence-corrected chi connectivity index (χ1v) is 8.79. The SMILES string of the molecule is CC(C)NCC(O)COc1ccc2c(ccn2Cc2ccccc2)c1. The van der Waals surface area contributed by atoms with E-state index in [0.29, 0.717) is 12.6 Å². The van der Waals surface area contributed by atoms with Crippen LogP contribution in [0.3, 0.4) is 0 Å². The summed E-state index contributed by atoms with van der Waals surface area (Å²) >= 11 is 0. The first-order chi connectivity index (χ1) is 12.1. The van der Waals surface area contributed by atoms with E-state index in [4.69, 9.17) is 4.74 Å². The third-order valence-electron chi connectivity index (χ3n) is 4.14. The molecule has 1 atom stereocenters. The zero-order chi connectivity index (χ0) is 17.6. The standard InChI is InChI=1S/C21H26N2O2/c1-16(2)22-13-19(24)15-25-20-8-9-21-18(12-20)10-11-23(21)14-17-6-4-3-5-7-17/h3-12,16,19,22,24H,13-15H2,1-2H3. The number of rotatable bonds is 8. The van der Waals surface area contributed by atoms with Gasteiger partial charge in [-0.25, -0.2) is 0 Å². The zero-order valence-electron chi connectivity index (χ0n) is 14.9. The molecule has 3 aromatic rings. The minimum Gasteiger partial charge on any atom is -0.491 e. The van der Waals surface area contributed by atoms with Crippen LogP contribution in [0.2, 0.25) is 0 Å². The maximum Gasteiger partial charge on any atom is 0.120 e. The fourth-order valence-electron chi connectivity index (χ4n) is 2.81. The predicted molar refractivity (Wildman–Crippen MR) is 102 cm³/mol. The van der Waals surface area contributed by atoms with E-state index in [2.05, 4.69) is 66.3 Å². The van der Waals surface area contributed by atoms with Crippen molar-refractivity contribution < 1.29 is 9.84 Å². The predicted octanol–water partition coefficient (Wildman–Crippen LogP) is 3.43. The normalized spacial score (nSPS) is 12.6. The van der Waals surface area contributed by atoms with E-state index in [1.165, 1.54) is 11.1 Å². The van der Waals surface area contributed by atoms with Crippen molar-refractivity contribution in [1.29, 1.82) is 0 Å². The fraction of sp³-hybridized carbons (Fsp3) is 0.333. The Morgan fingerprint density at radius 1 is 1.08 bits per heavy atom. The van der Waals surface area contributed by atoms with Gasteiger partial charge in [0.05, 0.1) is 0 Å². The number of ether oxygens (including phenoxy) is 1. The molecule has 0 bridgehead atoms. The summed E-state index contributed by atoms with van der Waals surface area (Å²) in [5.74, 6) is 0.786. The Bertz CT molecular complexity index is 796. The average molecular weight is 338 g/mol. The first-order valence-electron chi connectivity index (χ1n) is 8.79. The van der Waals surface area contributed by atoms with Gasteiger partial charge >= 0.3 is 0 Å². The Morgan fingerprint density at radius 2 is 1.88 bits per heavy atom. The molecule has 0 radical (unpaired) electrons. The number of nitrogens with zero attached hydrogens (tertiary/aromatic N) is 1. The number of nitrogens with one attached hydrogen (secondary N) is 1.